The Morgan fingerprint density at radius 3 is 2.60 bits per heavy atom. The molecule has 110 valence electrons. The van der Waals surface area contributed by atoms with Crippen LogP contribution in [0.2, 0.25) is 0 Å². The first-order chi connectivity index (χ1) is 9.81. The molecule has 0 radical (unpaired) electrons. The number of rotatable bonds is 2. The highest BCUT2D eigenvalue weighted by molar-refractivity contribution is 5.25. The van der Waals surface area contributed by atoms with E-state index in [4.69, 9.17) is 0 Å². The van der Waals surface area contributed by atoms with Crippen molar-refractivity contribution in [2.75, 3.05) is 6.54 Å². The molecule has 2 fully saturated rings. The van der Waals surface area contributed by atoms with Gasteiger partial charge in [0.1, 0.15) is 0 Å². The third kappa shape index (κ3) is 2.77. The molecular weight excluding hydrogens is 246 g/mol. The minimum absolute atomic E-state index is 0.274. The summed E-state index contributed by atoms with van der Waals surface area (Å²) in [6, 6.07) is 10.9. The normalized spacial score (nSPS) is 35.5. The molecule has 1 saturated carbocycles. The predicted molar refractivity (Wildman–Crippen MR) is 82.9 cm³/mol. The summed E-state index contributed by atoms with van der Waals surface area (Å²) >= 11 is 0. The van der Waals surface area contributed by atoms with Crippen molar-refractivity contribution >= 4 is 0 Å². The highest BCUT2D eigenvalue weighted by Crippen LogP contribution is 2.44. The van der Waals surface area contributed by atoms with Crippen LogP contribution in [0.4, 0.5) is 0 Å². The Balaban J connectivity index is 1.86. The Labute approximate surface area is 122 Å². The molecule has 0 bridgehead atoms. The van der Waals surface area contributed by atoms with Crippen molar-refractivity contribution in [2.45, 2.75) is 68.9 Å². The van der Waals surface area contributed by atoms with E-state index < -0.39 is 5.60 Å². The third-order valence-corrected chi connectivity index (χ3v) is 5.29. The smallest absolute Gasteiger partial charge is 0.0868 e. The van der Waals surface area contributed by atoms with Crippen molar-refractivity contribution in [2.24, 2.45) is 0 Å². The molecule has 20 heavy (non-hydrogen) atoms. The Kier molecular flexibility index (Phi) is 4.42. The summed E-state index contributed by atoms with van der Waals surface area (Å²) in [6.07, 6.45) is 9.41. The van der Waals surface area contributed by atoms with Crippen molar-refractivity contribution in [3.63, 3.8) is 0 Å². The second-order valence-corrected chi connectivity index (χ2v) is 6.56. The molecule has 1 aromatic rings. The maximum atomic E-state index is 11.5. The van der Waals surface area contributed by atoms with Gasteiger partial charge in [0, 0.05) is 12.0 Å². The van der Waals surface area contributed by atoms with Gasteiger partial charge in [-0.25, -0.2) is 0 Å². The topological polar surface area (TPSA) is 32.3 Å². The molecular formula is C18H27NO. The van der Waals surface area contributed by atoms with E-state index in [1.807, 2.05) is 0 Å². The quantitative estimate of drug-likeness (QED) is 0.863. The zero-order valence-corrected chi connectivity index (χ0v) is 12.4. The van der Waals surface area contributed by atoms with E-state index >= 15 is 0 Å². The van der Waals surface area contributed by atoms with Gasteiger partial charge in [-0.1, -0.05) is 56.0 Å². The van der Waals surface area contributed by atoms with Crippen LogP contribution in [-0.4, -0.2) is 23.3 Å². The summed E-state index contributed by atoms with van der Waals surface area (Å²) in [4.78, 5) is 0. The van der Waals surface area contributed by atoms with Gasteiger partial charge in [-0.3, -0.25) is 0 Å². The maximum Gasteiger partial charge on any atom is 0.0868 e. The second-order valence-electron chi connectivity index (χ2n) is 6.56. The lowest BCUT2D eigenvalue weighted by molar-refractivity contribution is -0.0504. The Morgan fingerprint density at radius 1 is 0.950 bits per heavy atom. The zero-order chi connectivity index (χ0) is 13.8. The van der Waals surface area contributed by atoms with Crippen LogP contribution in [-0.2, 0) is 0 Å². The van der Waals surface area contributed by atoms with Gasteiger partial charge in [0.05, 0.1) is 5.60 Å². The van der Waals surface area contributed by atoms with Gasteiger partial charge in [0.15, 0.2) is 0 Å². The average molecular weight is 273 g/mol. The van der Waals surface area contributed by atoms with Crippen LogP contribution in [0, 0.1) is 0 Å². The molecule has 1 aromatic carbocycles. The van der Waals surface area contributed by atoms with Crippen LogP contribution < -0.4 is 5.32 Å². The van der Waals surface area contributed by atoms with Crippen molar-refractivity contribution < 1.29 is 5.11 Å². The van der Waals surface area contributed by atoms with Gasteiger partial charge in [-0.2, -0.15) is 0 Å². The number of benzene rings is 1. The van der Waals surface area contributed by atoms with E-state index in [0.717, 1.165) is 32.2 Å². The highest BCUT2D eigenvalue weighted by Gasteiger charge is 2.45. The molecule has 0 amide bonds. The molecule has 2 aliphatic rings. The maximum absolute atomic E-state index is 11.5. The predicted octanol–water partition coefficient (Wildman–Crippen LogP) is 3.61. The van der Waals surface area contributed by atoms with Gasteiger partial charge in [-0.05, 0) is 37.8 Å². The molecule has 1 heterocycles. The molecule has 2 N–H and O–H groups in total. The lowest BCUT2D eigenvalue weighted by atomic mass is 9.67. The zero-order valence-electron chi connectivity index (χ0n) is 12.4. The van der Waals surface area contributed by atoms with Crippen LogP contribution in [0.25, 0.3) is 0 Å². The average Bonchev–Trinajstić information content (AvgIpc) is 2.78. The van der Waals surface area contributed by atoms with Gasteiger partial charge >= 0.3 is 0 Å². The minimum atomic E-state index is -0.552. The second kappa shape index (κ2) is 6.28. The summed E-state index contributed by atoms with van der Waals surface area (Å²) in [6.45, 7) is 1.06. The number of hydrogen-bond acceptors (Lipinski definition) is 2. The highest BCUT2D eigenvalue weighted by atomic mass is 16.3. The van der Waals surface area contributed by atoms with E-state index in [2.05, 4.69) is 35.6 Å². The molecule has 3 unspecified atom stereocenters. The fourth-order valence-electron chi connectivity index (χ4n) is 4.19. The summed E-state index contributed by atoms with van der Waals surface area (Å²) in [7, 11) is 0. The van der Waals surface area contributed by atoms with Crippen molar-refractivity contribution in [1.29, 1.82) is 0 Å². The first kappa shape index (κ1) is 14.1. The van der Waals surface area contributed by atoms with Gasteiger partial charge in [0.25, 0.3) is 0 Å². The first-order valence-corrected chi connectivity index (χ1v) is 8.31. The summed E-state index contributed by atoms with van der Waals surface area (Å²) in [5.41, 5.74) is 0.768. The molecule has 3 atom stereocenters. The van der Waals surface area contributed by atoms with E-state index in [-0.39, 0.29) is 6.04 Å². The van der Waals surface area contributed by atoms with Gasteiger partial charge < -0.3 is 10.4 Å². The number of aliphatic hydroxyl groups is 1. The van der Waals surface area contributed by atoms with Crippen LogP contribution in [0.1, 0.15) is 62.8 Å². The largest absolute Gasteiger partial charge is 0.388 e. The van der Waals surface area contributed by atoms with Crippen molar-refractivity contribution in [1.82, 2.24) is 5.32 Å². The molecule has 1 aliphatic heterocycles. The summed E-state index contributed by atoms with van der Waals surface area (Å²) in [5, 5.41) is 15.1. The molecule has 1 aliphatic carbocycles. The lowest BCUT2D eigenvalue weighted by Gasteiger charge is -2.46. The van der Waals surface area contributed by atoms with E-state index in [9.17, 15) is 5.11 Å². The standard InChI is InChI=1S/C18H27NO/c20-18(17-12-5-2-8-14-19-17)13-7-6-11-16(18)15-9-3-1-4-10-15/h1,3-4,9-10,16-17,19-20H,2,5-8,11-14H2. The Morgan fingerprint density at radius 2 is 1.75 bits per heavy atom. The Hall–Kier alpha value is -0.860. The van der Waals surface area contributed by atoms with Crippen LogP contribution in [0.5, 0.6) is 0 Å². The molecule has 0 aromatic heterocycles. The van der Waals surface area contributed by atoms with E-state index in [1.165, 1.54) is 31.2 Å². The van der Waals surface area contributed by atoms with Crippen LogP contribution >= 0.6 is 0 Å². The fraction of sp³-hybridized carbons (Fsp3) is 0.667. The van der Waals surface area contributed by atoms with E-state index in [1.54, 1.807) is 0 Å². The van der Waals surface area contributed by atoms with Gasteiger partial charge in [0.2, 0.25) is 0 Å². The fourth-order valence-corrected chi connectivity index (χ4v) is 4.19. The molecule has 1 saturated heterocycles. The molecule has 3 rings (SSSR count). The van der Waals surface area contributed by atoms with Crippen molar-refractivity contribution in [3.8, 4) is 0 Å². The lowest BCUT2D eigenvalue weighted by Crippen LogP contribution is -2.55. The molecule has 0 spiro atoms. The van der Waals surface area contributed by atoms with Gasteiger partial charge in [-0.15, -0.1) is 0 Å². The number of nitrogens with one attached hydrogen (secondary N) is 1. The number of hydrogen-bond donors (Lipinski definition) is 2. The SMILES string of the molecule is OC1(C2CCCCCN2)CCCCC1c1ccccc1. The molecule has 2 heteroatoms. The molecule has 2 nitrogen and oxygen atoms in total. The summed E-state index contributed by atoms with van der Waals surface area (Å²) in [5.74, 6) is 0.299. The third-order valence-electron chi connectivity index (χ3n) is 5.29. The summed E-state index contributed by atoms with van der Waals surface area (Å²) < 4.78 is 0. The first-order valence-electron chi connectivity index (χ1n) is 8.31. The van der Waals surface area contributed by atoms with Crippen molar-refractivity contribution in [3.05, 3.63) is 35.9 Å². The van der Waals surface area contributed by atoms with E-state index in [0.29, 0.717) is 5.92 Å². The Bertz CT molecular complexity index is 411. The minimum Gasteiger partial charge on any atom is -0.388 e. The van der Waals surface area contributed by atoms with Crippen LogP contribution in [0.3, 0.4) is 0 Å². The van der Waals surface area contributed by atoms with Crippen LogP contribution in [0.15, 0.2) is 30.3 Å². The monoisotopic (exact) mass is 273 g/mol.